The number of amides is 2. The van der Waals surface area contributed by atoms with E-state index in [9.17, 15) is 14.4 Å². The van der Waals surface area contributed by atoms with Crippen LogP contribution in [0, 0.1) is 6.92 Å². The highest BCUT2D eigenvalue weighted by atomic mass is 16.5. The molecular formula is C30H34N4O4. The van der Waals surface area contributed by atoms with Crippen molar-refractivity contribution < 1.29 is 19.1 Å². The zero-order chi connectivity index (χ0) is 27.1. The quantitative estimate of drug-likeness (QED) is 0.224. The predicted molar refractivity (Wildman–Crippen MR) is 149 cm³/mol. The number of aromatic amines is 1. The van der Waals surface area contributed by atoms with E-state index in [2.05, 4.69) is 20.6 Å². The summed E-state index contributed by atoms with van der Waals surface area (Å²) in [5.41, 5.74) is 3.99. The molecule has 0 aliphatic rings. The molecule has 0 spiro atoms. The summed E-state index contributed by atoms with van der Waals surface area (Å²) in [6, 6.07) is 14.4. The molecule has 0 aliphatic carbocycles. The number of H-pyrrole nitrogens is 1. The molecule has 8 heteroatoms. The van der Waals surface area contributed by atoms with Crippen molar-refractivity contribution in [2.24, 2.45) is 0 Å². The number of anilines is 1. The molecule has 2 amide bonds. The van der Waals surface area contributed by atoms with Crippen LogP contribution in [-0.2, 0) is 20.8 Å². The van der Waals surface area contributed by atoms with Crippen LogP contribution < -0.4 is 15.4 Å². The van der Waals surface area contributed by atoms with Gasteiger partial charge in [0.25, 0.3) is 0 Å². The first-order chi connectivity index (χ1) is 18.4. The first-order valence-corrected chi connectivity index (χ1v) is 12.9. The number of hydrogen-bond acceptors (Lipinski definition) is 5. The van der Waals surface area contributed by atoms with Crippen molar-refractivity contribution >= 4 is 45.1 Å². The number of nitrogens with zero attached hydrogens (tertiary/aromatic N) is 1. The fourth-order valence-electron chi connectivity index (χ4n) is 4.72. The van der Waals surface area contributed by atoms with Gasteiger partial charge in [0.2, 0.25) is 11.8 Å². The molecule has 4 rings (SSSR count). The molecule has 2 heterocycles. The molecular weight excluding hydrogens is 480 g/mol. The van der Waals surface area contributed by atoms with Gasteiger partial charge in [-0.05, 0) is 62.6 Å². The molecule has 8 nitrogen and oxygen atoms in total. The topological polar surface area (TPSA) is 113 Å². The molecule has 2 aromatic carbocycles. The van der Waals surface area contributed by atoms with Gasteiger partial charge in [-0.2, -0.15) is 0 Å². The summed E-state index contributed by atoms with van der Waals surface area (Å²) in [6.07, 6.45) is 5.08. The second-order valence-electron chi connectivity index (χ2n) is 9.61. The highest BCUT2D eigenvalue weighted by Gasteiger charge is 2.23. The largest absolute Gasteiger partial charge is 0.497 e. The summed E-state index contributed by atoms with van der Waals surface area (Å²) in [4.78, 5) is 45.6. The zero-order valence-electron chi connectivity index (χ0n) is 22.1. The first-order valence-electron chi connectivity index (χ1n) is 12.9. The van der Waals surface area contributed by atoms with Crippen molar-refractivity contribution in [2.45, 2.75) is 58.4 Å². The van der Waals surface area contributed by atoms with Crippen LogP contribution in [0.25, 0.3) is 21.8 Å². The van der Waals surface area contributed by atoms with Crippen LogP contribution in [0.5, 0.6) is 5.75 Å². The Morgan fingerprint density at radius 1 is 1.05 bits per heavy atom. The minimum atomic E-state index is -0.723. The molecule has 2 aromatic heterocycles. The lowest BCUT2D eigenvalue weighted by atomic mass is 10.0. The van der Waals surface area contributed by atoms with Crippen molar-refractivity contribution in [3.05, 3.63) is 66.0 Å². The minimum absolute atomic E-state index is 0.128. The van der Waals surface area contributed by atoms with E-state index in [1.54, 1.807) is 20.2 Å². The number of Topliss-reactive ketones (excluding diaryl/α,β-unsaturated/α-hetero) is 1. The average Bonchev–Trinajstić information content (AvgIpc) is 3.21. The van der Waals surface area contributed by atoms with Gasteiger partial charge in [0.15, 0.2) is 0 Å². The summed E-state index contributed by atoms with van der Waals surface area (Å²) in [5, 5.41) is 7.77. The number of rotatable bonds is 12. The van der Waals surface area contributed by atoms with Gasteiger partial charge in [-0.25, -0.2) is 0 Å². The van der Waals surface area contributed by atoms with Crippen LogP contribution in [0.1, 0.15) is 50.3 Å². The van der Waals surface area contributed by atoms with Gasteiger partial charge in [0, 0.05) is 34.6 Å². The number of pyridine rings is 1. The van der Waals surface area contributed by atoms with E-state index in [-0.39, 0.29) is 24.0 Å². The predicted octanol–water partition coefficient (Wildman–Crippen LogP) is 5.24. The molecule has 0 radical (unpaired) electrons. The number of carbonyl (C=O) groups excluding carboxylic acids is 3. The van der Waals surface area contributed by atoms with Crippen LogP contribution in [0.2, 0.25) is 0 Å². The summed E-state index contributed by atoms with van der Waals surface area (Å²) >= 11 is 0. The smallest absolute Gasteiger partial charge is 0.247 e. The van der Waals surface area contributed by atoms with E-state index in [0.29, 0.717) is 36.2 Å². The normalized spacial score (nSPS) is 11.9. The number of carbonyl (C=O) groups is 3. The Morgan fingerprint density at radius 3 is 2.66 bits per heavy atom. The molecule has 198 valence electrons. The summed E-state index contributed by atoms with van der Waals surface area (Å²) in [5.74, 6) is 0.337. The fraction of sp³-hybridized carbons (Fsp3) is 0.333. The number of benzene rings is 2. The summed E-state index contributed by atoms with van der Waals surface area (Å²) in [6.45, 7) is 3.51. The Bertz CT molecular complexity index is 1450. The monoisotopic (exact) mass is 514 g/mol. The number of methoxy groups -OCH3 is 1. The number of hydrogen-bond donors (Lipinski definition) is 3. The molecule has 4 aromatic rings. The number of para-hydroxylation sites is 1. The molecule has 0 saturated heterocycles. The van der Waals surface area contributed by atoms with E-state index in [0.717, 1.165) is 40.4 Å². The molecule has 0 bridgehead atoms. The van der Waals surface area contributed by atoms with Gasteiger partial charge in [0.05, 0.1) is 24.7 Å². The number of aromatic nitrogens is 2. The molecule has 0 aliphatic heterocycles. The number of ketones is 1. The second-order valence-corrected chi connectivity index (χ2v) is 9.61. The van der Waals surface area contributed by atoms with Gasteiger partial charge < -0.3 is 25.1 Å². The Kier molecular flexibility index (Phi) is 8.73. The number of ether oxygens (including phenoxy) is 1. The van der Waals surface area contributed by atoms with Crippen LogP contribution >= 0.6 is 0 Å². The number of unbranched alkanes of at least 4 members (excludes halogenated alkanes) is 2. The maximum Gasteiger partial charge on any atom is 0.247 e. The Morgan fingerprint density at radius 2 is 1.87 bits per heavy atom. The second kappa shape index (κ2) is 12.4. The molecule has 0 unspecified atom stereocenters. The van der Waals surface area contributed by atoms with E-state index in [1.807, 2.05) is 55.5 Å². The zero-order valence-corrected chi connectivity index (χ0v) is 22.1. The Hall–Kier alpha value is -4.20. The van der Waals surface area contributed by atoms with E-state index >= 15 is 0 Å². The van der Waals surface area contributed by atoms with Crippen molar-refractivity contribution in [1.29, 1.82) is 0 Å². The Balaban J connectivity index is 1.50. The van der Waals surface area contributed by atoms with Gasteiger partial charge in [-0.3, -0.25) is 14.6 Å². The number of fused-ring (bicyclic) bond motifs is 2. The van der Waals surface area contributed by atoms with Crippen molar-refractivity contribution in [2.75, 3.05) is 12.4 Å². The van der Waals surface area contributed by atoms with Crippen molar-refractivity contribution in [3.8, 4) is 5.75 Å². The maximum atomic E-state index is 13.4. The third kappa shape index (κ3) is 6.56. The molecule has 3 N–H and O–H groups in total. The lowest BCUT2D eigenvalue weighted by Crippen LogP contribution is -2.44. The van der Waals surface area contributed by atoms with Crippen LogP contribution in [0.4, 0.5) is 5.69 Å². The molecule has 38 heavy (non-hydrogen) atoms. The van der Waals surface area contributed by atoms with Gasteiger partial charge in [0.1, 0.15) is 17.6 Å². The lowest BCUT2D eigenvalue weighted by Gasteiger charge is -2.19. The van der Waals surface area contributed by atoms with E-state index < -0.39 is 6.04 Å². The lowest BCUT2D eigenvalue weighted by molar-refractivity contribution is -0.126. The van der Waals surface area contributed by atoms with Gasteiger partial charge in [-0.1, -0.05) is 31.0 Å². The Labute approximate surface area is 222 Å². The highest BCUT2D eigenvalue weighted by molar-refractivity contribution is 6.03. The van der Waals surface area contributed by atoms with Crippen LogP contribution in [0.15, 0.2) is 54.7 Å². The number of nitrogens with one attached hydrogen (secondary N) is 3. The van der Waals surface area contributed by atoms with Crippen molar-refractivity contribution in [1.82, 2.24) is 15.3 Å². The van der Waals surface area contributed by atoms with Crippen molar-refractivity contribution in [3.63, 3.8) is 0 Å². The standard InChI is InChI=1S/C30H34N4O4/c1-19(35)9-5-4-6-12-27(30(37)34-26-13-7-10-21-11-8-16-31-29(21)26)33-28(36)18-23-20(2)32-25-15-14-22(38-3)17-24(23)25/h7-8,10-11,13-17,27,32H,4-6,9,12,18H2,1-3H3,(H,33,36)(H,34,37)/t27-/m0/s1. The summed E-state index contributed by atoms with van der Waals surface area (Å²) < 4.78 is 5.36. The molecule has 0 saturated carbocycles. The third-order valence-electron chi connectivity index (χ3n) is 6.73. The average molecular weight is 515 g/mol. The molecule has 1 atom stereocenters. The summed E-state index contributed by atoms with van der Waals surface area (Å²) in [7, 11) is 1.61. The molecule has 0 fully saturated rings. The minimum Gasteiger partial charge on any atom is -0.497 e. The van der Waals surface area contributed by atoms with E-state index in [4.69, 9.17) is 4.74 Å². The maximum absolute atomic E-state index is 13.4. The number of aryl methyl sites for hydroxylation is 1. The van der Waals surface area contributed by atoms with Gasteiger partial charge in [-0.15, -0.1) is 0 Å². The fourth-order valence-corrected chi connectivity index (χ4v) is 4.72. The van der Waals surface area contributed by atoms with E-state index in [1.165, 1.54) is 0 Å². The first kappa shape index (κ1) is 26.9. The van der Waals surface area contributed by atoms with Crippen LogP contribution in [-0.4, -0.2) is 40.7 Å². The highest BCUT2D eigenvalue weighted by Crippen LogP contribution is 2.27. The SMILES string of the molecule is COc1ccc2[nH]c(C)c(CC(=O)N[C@@H](CCCCCC(C)=O)C(=O)Nc3cccc4cccnc34)c2c1. The van der Waals surface area contributed by atoms with Gasteiger partial charge >= 0.3 is 0 Å². The third-order valence-corrected chi connectivity index (χ3v) is 6.73. The van der Waals surface area contributed by atoms with Crippen LogP contribution in [0.3, 0.4) is 0 Å².